The first kappa shape index (κ1) is 22.2. The first-order valence-electron chi connectivity index (χ1n) is 10.7. The summed E-state index contributed by atoms with van der Waals surface area (Å²) in [5.74, 6) is 1.06. The minimum Gasteiger partial charge on any atom is -0.494 e. The van der Waals surface area contributed by atoms with Gasteiger partial charge in [-0.25, -0.2) is 9.98 Å². The zero-order valence-electron chi connectivity index (χ0n) is 18.8. The summed E-state index contributed by atoms with van der Waals surface area (Å²) < 4.78 is 5.39. The first-order valence-corrected chi connectivity index (χ1v) is 10.7. The second-order valence-corrected chi connectivity index (χ2v) is 7.86. The number of aromatic amines is 1. The maximum absolute atomic E-state index is 8.52. The standard InChI is InChI=1S/C24H28N8O/c1-28-12-18(11-25)16-7-6-15-8-9-32(13-17(15)10-16)14-21(26)29-23-19-4-3-5-20(33-2)22(19)30-24(27)31-23/h3-7,10-12,25,28H,8-9,13-14H2,1-2H3,(H4,26,27,29,30,31)/b18-12+,25-11?. The molecule has 2 aromatic carbocycles. The van der Waals surface area contributed by atoms with E-state index in [4.69, 9.17) is 21.3 Å². The number of nitrogens with one attached hydrogen (secondary N) is 4. The Morgan fingerprint density at radius 2 is 2.18 bits per heavy atom. The fourth-order valence-electron chi connectivity index (χ4n) is 4.09. The largest absolute Gasteiger partial charge is 0.494 e. The van der Waals surface area contributed by atoms with Crippen LogP contribution in [0.1, 0.15) is 16.7 Å². The Kier molecular flexibility index (Phi) is 6.50. The van der Waals surface area contributed by atoms with E-state index in [0.29, 0.717) is 23.3 Å². The second kappa shape index (κ2) is 9.66. The highest BCUT2D eigenvalue weighted by Crippen LogP contribution is 2.24. The molecule has 1 aliphatic heterocycles. The topological polar surface area (TPSA) is 139 Å². The molecule has 1 aromatic heterocycles. The van der Waals surface area contributed by atoms with Crippen molar-refractivity contribution >= 4 is 34.5 Å². The number of benzene rings is 2. The monoisotopic (exact) mass is 444 g/mol. The van der Waals surface area contributed by atoms with Crippen molar-refractivity contribution in [3.05, 3.63) is 64.8 Å². The molecular formula is C24H28N8O. The number of para-hydroxylation sites is 1. The molecule has 0 unspecified atom stereocenters. The van der Waals surface area contributed by atoms with Gasteiger partial charge in [-0.3, -0.25) is 10.3 Å². The fraction of sp³-hybridized carbons (Fsp3) is 0.250. The maximum atomic E-state index is 8.52. The number of allylic oxidation sites excluding steroid dienone is 1. The number of methoxy groups -OCH3 is 1. The molecule has 9 heteroatoms. The van der Waals surface area contributed by atoms with Crippen LogP contribution < -0.4 is 21.3 Å². The Bertz CT molecular complexity index is 1310. The van der Waals surface area contributed by atoms with Crippen LogP contribution in [0.25, 0.3) is 16.5 Å². The van der Waals surface area contributed by atoms with Gasteiger partial charge in [0.2, 0.25) is 0 Å². The average molecular weight is 445 g/mol. The van der Waals surface area contributed by atoms with Gasteiger partial charge >= 0.3 is 0 Å². The lowest BCUT2D eigenvalue weighted by Crippen LogP contribution is -2.35. The zero-order chi connectivity index (χ0) is 23.4. The number of aromatic nitrogens is 2. The molecule has 0 saturated heterocycles. The molecule has 0 amide bonds. The van der Waals surface area contributed by atoms with E-state index < -0.39 is 0 Å². The van der Waals surface area contributed by atoms with Crippen molar-refractivity contribution in [2.75, 3.05) is 33.0 Å². The highest BCUT2D eigenvalue weighted by molar-refractivity contribution is 6.08. The Labute approximate surface area is 192 Å². The molecule has 0 aliphatic carbocycles. The normalized spacial score (nSPS) is 14.7. The highest BCUT2D eigenvalue weighted by Gasteiger charge is 2.18. The molecule has 170 valence electrons. The molecular weight excluding hydrogens is 416 g/mol. The minimum absolute atomic E-state index is 0.217. The number of fused-ring (bicyclic) bond motifs is 2. The van der Waals surface area contributed by atoms with Crippen LogP contribution in [-0.4, -0.2) is 54.2 Å². The third-order valence-corrected chi connectivity index (χ3v) is 5.66. The zero-order valence-corrected chi connectivity index (χ0v) is 18.8. The van der Waals surface area contributed by atoms with Gasteiger partial charge in [0.25, 0.3) is 0 Å². The van der Waals surface area contributed by atoms with Crippen LogP contribution in [0.5, 0.6) is 5.75 Å². The second-order valence-electron chi connectivity index (χ2n) is 7.86. The Morgan fingerprint density at radius 3 is 2.94 bits per heavy atom. The quantitative estimate of drug-likeness (QED) is 0.293. The van der Waals surface area contributed by atoms with Crippen molar-refractivity contribution in [3.63, 3.8) is 0 Å². The van der Waals surface area contributed by atoms with Gasteiger partial charge in [-0.05, 0) is 41.3 Å². The third kappa shape index (κ3) is 4.78. The number of rotatable bonds is 6. The summed E-state index contributed by atoms with van der Waals surface area (Å²) in [7, 11) is 3.41. The van der Waals surface area contributed by atoms with Crippen molar-refractivity contribution in [1.29, 1.82) is 10.8 Å². The van der Waals surface area contributed by atoms with Crippen molar-refractivity contribution in [2.24, 2.45) is 4.99 Å². The summed E-state index contributed by atoms with van der Waals surface area (Å²) in [6.07, 6.45) is 4.08. The highest BCUT2D eigenvalue weighted by atomic mass is 16.5. The van der Waals surface area contributed by atoms with Crippen LogP contribution in [-0.2, 0) is 13.0 Å². The van der Waals surface area contributed by atoms with Crippen molar-refractivity contribution in [3.8, 4) is 5.75 Å². The van der Waals surface area contributed by atoms with E-state index in [9.17, 15) is 0 Å². The van der Waals surface area contributed by atoms with E-state index in [1.54, 1.807) is 7.11 Å². The van der Waals surface area contributed by atoms with Crippen LogP contribution >= 0.6 is 0 Å². The summed E-state index contributed by atoms with van der Waals surface area (Å²) in [5.41, 5.74) is 11.4. The lowest BCUT2D eigenvalue weighted by molar-refractivity contribution is 0.289. The van der Waals surface area contributed by atoms with Crippen LogP contribution in [0.4, 0.5) is 5.95 Å². The average Bonchev–Trinajstić information content (AvgIpc) is 2.81. The fourth-order valence-corrected chi connectivity index (χ4v) is 4.09. The molecule has 0 fully saturated rings. The van der Waals surface area contributed by atoms with Gasteiger partial charge < -0.3 is 26.2 Å². The smallest absolute Gasteiger partial charge is 0.199 e. The molecule has 0 spiro atoms. The number of hydrogen-bond acceptors (Lipinski definition) is 7. The van der Waals surface area contributed by atoms with Crippen LogP contribution in [0.3, 0.4) is 0 Å². The number of nitrogen functional groups attached to an aromatic ring is 1. The van der Waals surface area contributed by atoms with Crippen LogP contribution in [0.2, 0.25) is 0 Å². The number of hydrogen-bond donors (Lipinski definition) is 5. The van der Waals surface area contributed by atoms with E-state index in [-0.39, 0.29) is 11.8 Å². The van der Waals surface area contributed by atoms with Crippen molar-refractivity contribution in [2.45, 2.75) is 13.0 Å². The Balaban J connectivity index is 1.57. The predicted octanol–water partition coefficient (Wildman–Crippen LogP) is 2.30. The van der Waals surface area contributed by atoms with E-state index in [2.05, 4.69) is 43.4 Å². The van der Waals surface area contributed by atoms with Gasteiger partial charge in [0, 0.05) is 43.5 Å². The molecule has 0 atom stereocenters. The summed E-state index contributed by atoms with van der Waals surface area (Å²) >= 11 is 0. The van der Waals surface area contributed by atoms with Gasteiger partial charge in [-0.2, -0.15) is 0 Å². The molecule has 9 nitrogen and oxygen atoms in total. The van der Waals surface area contributed by atoms with E-state index in [0.717, 1.165) is 36.0 Å². The molecule has 2 heterocycles. The maximum Gasteiger partial charge on any atom is 0.199 e. The molecule has 0 radical (unpaired) electrons. The third-order valence-electron chi connectivity index (χ3n) is 5.66. The molecule has 33 heavy (non-hydrogen) atoms. The predicted molar refractivity (Wildman–Crippen MR) is 132 cm³/mol. The Hall–Kier alpha value is -3.98. The van der Waals surface area contributed by atoms with Crippen molar-refractivity contribution in [1.82, 2.24) is 20.2 Å². The first-order chi connectivity index (χ1) is 16.0. The molecule has 0 bridgehead atoms. The number of ether oxygens (including phenoxy) is 1. The SMILES string of the molecule is CN/C=C(\C=N)c1ccc2c(c1)CN(CC(=N)/N=c1\[nH]c(N)nc3c(OC)cccc13)CC2. The lowest BCUT2D eigenvalue weighted by Gasteiger charge is -2.28. The van der Waals surface area contributed by atoms with Gasteiger partial charge in [0.05, 0.1) is 13.7 Å². The molecule has 6 N–H and O–H groups in total. The number of H-pyrrole nitrogens is 1. The van der Waals surface area contributed by atoms with Gasteiger partial charge in [-0.1, -0.05) is 18.2 Å². The number of nitrogens with zero attached hydrogens (tertiary/aromatic N) is 3. The van der Waals surface area contributed by atoms with Crippen LogP contribution in [0, 0.1) is 10.8 Å². The summed E-state index contributed by atoms with van der Waals surface area (Å²) in [6, 6.07) is 11.9. The Morgan fingerprint density at radius 1 is 1.33 bits per heavy atom. The molecule has 1 aliphatic rings. The van der Waals surface area contributed by atoms with E-state index in [1.165, 1.54) is 17.3 Å². The van der Waals surface area contributed by atoms with Crippen molar-refractivity contribution < 1.29 is 4.74 Å². The molecule has 0 saturated carbocycles. The summed E-state index contributed by atoms with van der Waals surface area (Å²) in [6.45, 7) is 1.99. The lowest BCUT2D eigenvalue weighted by atomic mass is 9.95. The molecule has 3 aromatic rings. The van der Waals surface area contributed by atoms with Gasteiger partial charge in [-0.15, -0.1) is 0 Å². The van der Waals surface area contributed by atoms with Crippen LogP contribution in [0.15, 0.2) is 47.6 Å². The van der Waals surface area contributed by atoms with E-state index in [1.807, 2.05) is 31.4 Å². The van der Waals surface area contributed by atoms with E-state index >= 15 is 0 Å². The minimum atomic E-state index is 0.217. The summed E-state index contributed by atoms with van der Waals surface area (Å²) in [5, 5.41) is 19.9. The van der Waals surface area contributed by atoms with Gasteiger partial charge in [0.15, 0.2) is 5.95 Å². The van der Waals surface area contributed by atoms with Gasteiger partial charge in [0.1, 0.15) is 22.6 Å². The molecule has 4 rings (SSSR count). The number of anilines is 1. The number of nitrogens with two attached hydrogens (primary N) is 1. The summed E-state index contributed by atoms with van der Waals surface area (Å²) in [4.78, 5) is 14.0. The number of amidine groups is 1.